The van der Waals surface area contributed by atoms with Crippen LogP contribution in [0.2, 0.25) is 0 Å². The van der Waals surface area contributed by atoms with Crippen LogP contribution in [0.5, 0.6) is 11.8 Å². The van der Waals surface area contributed by atoms with Crippen molar-refractivity contribution in [3.63, 3.8) is 0 Å². The zero-order chi connectivity index (χ0) is 24.5. The van der Waals surface area contributed by atoms with E-state index in [2.05, 4.69) is 46.6 Å². The molecule has 0 atom stereocenters. The molecule has 1 aromatic heterocycles. The topological polar surface area (TPSA) is 57.9 Å². The van der Waals surface area contributed by atoms with Gasteiger partial charge in [-0.1, -0.05) is 71.6 Å². The quantitative estimate of drug-likeness (QED) is 0.259. The molecule has 0 spiro atoms. The van der Waals surface area contributed by atoms with Crippen molar-refractivity contribution in [3.05, 3.63) is 11.6 Å². The van der Waals surface area contributed by atoms with Crippen LogP contribution in [0.25, 0.3) is 0 Å². The third kappa shape index (κ3) is 7.92. The minimum absolute atomic E-state index is 0.0398. The van der Waals surface area contributed by atoms with Crippen molar-refractivity contribution < 1.29 is 15.1 Å². The Morgan fingerprint density at radius 1 is 0.818 bits per heavy atom. The first-order valence-corrected chi connectivity index (χ1v) is 13.7. The van der Waals surface area contributed by atoms with Crippen molar-refractivity contribution in [1.82, 2.24) is 9.63 Å². The van der Waals surface area contributed by atoms with Crippen LogP contribution < -0.4 is 0 Å². The molecule has 2 heterocycles. The number of hydrogen-bond acceptors (Lipinski definition) is 4. The van der Waals surface area contributed by atoms with Gasteiger partial charge in [0.1, 0.15) is 0 Å². The Labute approximate surface area is 203 Å². The lowest BCUT2D eigenvalue weighted by atomic mass is 9.79. The van der Waals surface area contributed by atoms with Gasteiger partial charge >= 0.3 is 0 Å². The van der Waals surface area contributed by atoms with E-state index < -0.39 is 0 Å². The van der Waals surface area contributed by atoms with E-state index in [1.165, 1.54) is 57.8 Å². The second-order valence-corrected chi connectivity index (χ2v) is 11.5. The number of hydroxylamine groups is 2. The molecule has 1 aromatic rings. The Balaban J connectivity index is 1.88. The van der Waals surface area contributed by atoms with Gasteiger partial charge in [-0.15, -0.1) is 0 Å². The Kier molecular flexibility index (Phi) is 11.1. The van der Waals surface area contributed by atoms with Crippen molar-refractivity contribution in [1.29, 1.82) is 0 Å². The lowest BCUT2D eigenvalue weighted by Gasteiger charge is -2.54. The molecule has 5 heteroatoms. The maximum Gasteiger partial charge on any atom is 0.197 e. The van der Waals surface area contributed by atoms with Gasteiger partial charge in [-0.3, -0.25) is 9.40 Å². The van der Waals surface area contributed by atoms with E-state index in [0.29, 0.717) is 6.61 Å². The largest absolute Gasteiger partial charge is 0.494 e. The van der Waals surface area contributed by atoms with Gasteiger partial charge in [-0.05, 0) is 59.8 Å². The summed E-state index contributed by atoms with van der Waals surface area (Å²) in [4.78, 5) is 6.13. The third-order valence-corrected chi connectivity index (χ3v) is 7.22. The zero-order valence-electron chi connectivity index (χ0n) is 22.5. The predicted octanol–water partition coefficient (Wildman–Crippen LogP) is 7.90. The van der Waals surface area contributed by atoms with E-state index in [9.17, 15) is 10.2 Å². The SMILES string of the molecule is CCCCCCCCCCCCc1cc(O)n(C2CC(C)(C)N(OCCC)C(C)(C)C2)c1O. The van der Waals surface area contributed by atoms with Crippen molar-refractivity contribution in [2.45, 2.75) is 149 Å². The molecule has 0 radical (unpaired) electrons. The number of rotatable bonds is 15. The molecule has 1 saturated heterocycles. The third-order valence-electron chi connectivity index (χ3n) is 7.22. The molecule has 0 amide bonds. The second-order valence-electron chi connectivity index (χ2n) is 11.5. The zero-order valence-corrected chi connectivity index (χ0v) is 22.5. The maximum atomic E-state index is 11.0. The fraction of sp³-hybridized carbons (Fsp3) is 0.857. The van der Waals surface area contributed by atoms with Crippen molar-refractivity contribution in [3.8, 4) is 11.8 Å². The number of nitrogens with zero attached hydrogens (tertiary/aromatic N) is 2. The van der Waals surface area contributed by atoms with Gasteiger partial charge in [0.05, 0.1) is 6.61 Å². The minimum Gasteiger partial charge on any atom is -0.494 e. The molecular weight excluding hydrogens is 412 g/mol. The average molecular weight is 465 g/mol. The molecule has 0 bridgehead atoms. The first kappa shape index (κ1) is 28.0. The highest BCUT2D eigenvalue weighted by atomic mass is 16.7. The summed E-state index contributed by atoms with van der Waals surface area (Å²) in [5.74, 6) is 0.442. The Morgan fingerprint density at radius 2 is 1.33 bits per heavy atom. The number of unbranched alkanes of at least 4 members (excludes halogenated alkanes) is 9. The summed E-state index contributed by atoms with van der Waals surface area (Å²) in [6.07, 6.45) is 16.4. The number of aromatic nitrogens is 1. The molecule has 2 N–H and O–H groups in total. The van der Waals surface area contributed by atoms with Gasteiger partial charge in [0, 0.05) is 28.7 Å². The fourth-order valence-electron chi connectivity index (χ4n) is 5.83. The average Bonchev–Trinajstić information content (AvgIpc) is 3.01. The van der Waals surface area contributed by atoms with Crippen LogP contribution in [-0.2, 0) is 11.3 Å². The van der Waals surface area contributed by atoms with E-state index in [1.807, 2.05) is 0 Å². The Morgan fingerprint density at radius 3 is 1.85 bits per heavy atom. The molecule has 192 valence electrons. The van der Waals surface area contributed by atoms with Gasteiger partial charge in [0.25, 0.3) is 0 Å². The molecular formula is C28H52N2O3. The van der Waals surface area contributed by atoms with Gasteiger partial charge in [-0.25, -0.2) is 0 Å². The van der Waals surface area contributed by atoms with E-state index in [-0.39, 0.29) is 28.9 Å². The van der Waals surface area contributed by atoms with Crippen molar-refractivity contribution >= 4 is 0 Å². The number of hydrogen-bond donors (Lipinski definition) is 2. The lowest BCUT2D eigenvalue weighted by Crippen LogP contribution is -2.60. The van der Waals surface area contributed by atoms with E-state index >= 15 is 0 Å². The Bertz CT molecular complexity index is 678. The predicted molar refractivity (Wildman–Crippen MR) is 138 cm³/mol. The van der Waals surface area contributed by atoms with Gasteiger partial charge in [0.2, 0.25) is 0 Å². The van der Waals surface area contributed by atoms with E-state index in [0.717, 1.165) is 37.7 Å². The molecule has 1 aliphatic rings. The molecule has 5 nitrogen and oxygen atoms in total. The Hall–Kier alpha value is -1.20. The highest BCUT2D eigenvalue weighted by molar-refractivity contribution is 5.36. The highest BCUT2D eigenvalue weighted by Gasteiger charge is 2.47. The normalized spacial score (nSPS) is 18.7. The van der Waals surface area contributed by atoms with E-state index in [1.54, 1.807) is 10.6 Å². The number of piperidine rings is 1. The fourth-order valence-corrected chi connectivity index (χ4v) is 5.83. The van der Waals surface area contributed by atoms with Gasteiger partial charge < -0.3 is 10.2 Å². The molecule has 33 heavy (non-hydrogen) atoms. The number of aryl methyl sites for hydroxylation is 1. The molecule has 1 fully saturated rings. The smallest absolute Gasteiger partial charge is 0.197 e. The monoisotopic (exact) mass is 464 g/mol. The van der Waals surface area contributed by atoms with Crippen LogP contribution in [-0.4, -0.2) is 37.5 Å². The van der Waals surface area contributed by atoms with Crippen LogP contribution in [0.4, 0.5) is 0 Å². The molecule has 2 rings (SSSR count). The summed E-state index contributed by atoms with van der Waals surface area (Å²) in [5.41, 5.74) is 0.496. The molecule has 0 aromatic carbocycles. The molecule has 1 aliphatic heterocycles. The molecule has 0 aliphatic carbocycles. The summed E-state index contributed by atoms with van der Waals surface area (Å²) >= 11 is 0. The second kappa shape index (κ2) is 13.0. The van der Waals surface area contributed by atoms with Crippen molar-refractivity contribution in [2.75, 3.05) is 6.61 Å². The van der Waals surface area contributed by atoms with Crippen molar-refractivity contribution in [2.24, 2.45) is 0 Å². The minimum atomic E-state index is -0.193. The van der Waals surface area contributed by atoms with Gasteiger partial charge in [0.15, 0.2) is 11.8 Å². The maximum absolute atomic E-state index is 11.0. The first-order chi connectivity index (χ1) is 15.6. The van der Waals surface area contributed by atoms with Crippen LogP contribution in [0, 0.1) is 0 Å². The highest BCUT2D eigenvalue weighted by Crippen LogP contribution is 2.47. The molecule has 0 unspecified atom stereocenters. The number of aromatic hydroxyl groups is 2. The lowest BCUT2D eigenvalue weighted by molar-refractivity contribution is -0.286. The van der Waals surface area contributed by atoms with Gasteiger partial charge in [-0.2, -0.15) is 5.06 Å². The standard InChI is InChI=1S/C28H52N2O3/c1-7-9-10-11-12-13-14-15-16-17-18-23-20-25(31)29(26(23)32)24-21-27(3,4)30(33-19-8-2)28(5,6)22-24/h20,24,31-32H,7-19,21-22H2,1-6H3. The van der Waals surface area contributed by atoms with Crippen LogP contribution in [0.1, 0.15) is 137 Å². The first-order valence-electron chi connectivity index (χ1n) is 13.7. The van der Waals surface area contributed by atoms with Crippen LogP contribution in [0.15, 0.2) is 6.07 Å². The summed E-state index contributed by atoms with van der Waals surface area (Å²) in [6.45, 7) is 13.9. The summed E-state index contributed by atoms with van der Waals surface area (Å²) in [7, 11) is 0. The summed E-state index contributed by atoms with van der Waals surface area (Å²) in [6, 6.07) is 1.82. The van der Waals surface area contributed by atoms with E-state index in [4.69, 9.17) is 4.84 Å². The molecule has 0 saturated carbocycles. The van der Waals surface area contributed by atoms with Crippen LogP contribution in [0.3, 0.4) is 0 Å². The van der Waals surface area contributed by atoms with Crippen LogP contribution >= 0.6 is 0 Å². The summed E-state index contributed by atoms with van der Waals surface area (Å²) in [5, 5.41) is 23.9. The summed E-state index contributed by atoms with van der Waals surface area (Å²) < 4.78 is 1.77.